The summed E-state index contributed by atoms with van der Waals surface area (Å²) in [4.78, 5) is 15.0. The summed E-state index contributed by atoms with van der Waals surface area (Å²) in [6.45, 7) is 4.77. The van der Waals surface area contributed by atoms with Crippen molar-refractivity contribution in [2.75, 3.05) is 26.7 Å². The van der Waals surface area contributed by atoms with Gasteiger partial charge in [-0.15, -0.1) is 10.2 Å². The SMILES string of the molecule is CCCCN1CCC(NC(=O)c2cnn(-c3ccc(OC)nn3)c2C(F)(F)F)CC1. The Hall–Kier alpha value is -2.69. The van der Waals surface area contributed by atoms with Gasteiger partial charge in [0, 0.05) is 25.2 Å². The molecule has 1 saturated heterocycles. The van der Waals surface area contributed by atoms with E-state index >= 15 is 0 Å². The van der Waals surface area contributed by atoms with Crippen LogP contribution in [0.5, 0.6) is 5.88 Å². The topological polar surface area (TPSA) is 85.2 Å². The number of alkyl halides is 3. The first-order valence-corrected chi connectivity index (χ1v) is 9.90. The number of nitrogens with zero attached hydrogens (tertiary/aromatic N) is 5. The molecule has 30 heavy (non-hydrogen) atoms. The second-order valence-electron chi connectivity index (χ2n) is 7.19. The molecule has 0 bridgehead atoms. The third-order valence-corrected chi connectivity index (χ3v) is 5.09. The van der Waals surface area contributed by atoms with Gasteiger partial charge in [0.1, 0.15) is 0 Å². The smallest absolute Gasteiger partial charge is 0.434 e. The molecular weight excluding hydrogens is 401 g/mol. The van der Waals surface area contributed by atoms with Gasteiger partial charge in [0.15, 0.2) is 11.5 Å². The first-order valence-electron chi connectivity index (χ1n) is 9.90. The van der Waals surface area contributed by atoms with Crippen LogP contribution in [-0.4, -0.2) is 63.6 Å². The maximum atomic E-state index is 13.8. The van der Waals surface area contributed by atoms with E-state index in [4.69, 9.17) is 4.74 Å². The molecule has 1 N–H and O–H groups in total. The predicted octanol–water partition coefficient (Wildman–Crippen LogP) is 2.68. The first-order chi connectivity index (χ1) is 14.3. The lowest BCUT2D eigenvalue weighted by Crippen LogP contribution is -2.45. The normalized spacial score (nSPS) is 15.9. The van der Waals surface area contributed by atoms with E-state index in [2.05, 4.69) is 32.4 Å². The van der Waals surface area contributed by atoms with E-state index in [1.54, 1.807) is 0 Å². The van der Waals surface area contributed by atoms with E-state index in [1.165, 1.54) is 19.2 Å². The minimum absolute atomic E-state index is 0.155. The lowest BCUT2D eigenvalue weighted by Gasteiger charge is -2.32. The summed E-state index contributed by atoms with van der Waals surface area (Å²) in [5.41, 5.74) is -1.71. The molecule has 2 aromatic rings. The highest BCUT2D eigenvalue weighted by Gasteiger charge is 2.41. The highest BCUT2D eigenvalue weighted by atomic mass is 19.4. The summed E-state index contributed by atoms with van der Waals surface area (Å²) in [7, 11) is 1.37. The van der Waals surface area contributed by atoms with E-state index in [9.17, 15) is 18.0 Å². The van der Waals surface area contributed by atoms with Crippen molar-refractivity contribution in [2.24, 2.45) is 0 Å². The Morgan fingerprint density at radius 2 is 2.00 bits per heavy atom. The molecule has 1 amide bonds. The molecule has 0 spiro atoms. The number of piperidine rings is 1. The molecule has 164 valence electrons. The fourth-order valence-corrected chi connectivity index (χ4v) is 3.44. The van der Waals surface area contributed by atoms with Crippen LogP contribution in [0.3, 0.4) is 0 Å². The van der Waals surface area contributed by atoms with Crippen LogP contribution in [0.4, 0.5) is 13.2 Å². The number of ether oxygens (including phenoxy) is 1. The van der Waals surface area contributed by atoms with Gasteiger partial charge in [0.25, 0.3) is 5.91 Å². The van der Waals surface area contributed by atoms with E-state index in [0.717, 1.165) is 38.7 Å². The van der Waals surface area contributed by atoms with Crippen molar-refractivity contribution in [2.45, 2.75) is 44.8 Å². The quantitative estimate of drug-likeness (QED) is 0.733. The van der Waals surface area contributed by atoms with Crippen LogP contribution < -0.4 is 10.1 Å². The number of halogens is 3. The molecule has 0 aliphatic carbocycles. The molecule has 1 fully saturated rings. The predicted molar refractivity (Wildman–Crippen MR) is 103 cm³/mol. The Kier molecular flexibility index (Phi) is 6.91. The lowest BCUT2D eigenvalue weighted by molar-refractivity contribution is -0.143. The fraction of sp³-hybridized carbons (Fsp3) is 0.579. The van der Waals surface area contributed by atoms with Crippen molar-refractivity contribution in [3.63, 3.8) is 0 Å². The standard InChI is InChI=1S/C19H25F3N6O2/c1-3-4-9-27-10-7-13(8-11-27)24-18(29)14-12-23-28(17(14)19(20,21)22)15-5-6-16(30-2)26-25-15/h5-6,12-13H,3-4,7-11H2,1-2H3,(H,24,29). The van der Waals surface area contributed by atoms with E-state index in [0.29, 0.717) is 17.5 Å². The van der Waals surface area contributed by atoms with Gasteiger partial charge in [0.05, 0.1) is 18.9 Å². The summed E-state index contributed by atoms with van der Waals surface area (Å²) in [5, 5.41) is 13.9. The zero-order valence-electron chi connectivity index (χ0n) is 16.9. The van der Waals surface area contributed by atoms with Gasteiger partial charge in [0.2, 0.25) is 5.88 Å². The Bertz CT molecular complexity index is 845. The van der Waals surface area contributed by atoms with Gasteiger partial charge in [-0.3, -0.25) is 4.79 Å². The van der Waals surface area contributed by atoms with Gasteiger partial charge < -0.3 is 15.0 Å². The van der Waals surface area contributed by atoms with Gasteiger partial charge in [-0.25, -0.2) is 4.68 Å². The number of hydrogen-bond acceptors (Lipinski definition) is 6. The van der Waals surface area contributed by atoms with Crippen molar-refractivity contribution in [1.29, 1.82) is 0 Å². The molecule has 0 atom stereocenters. The molecule has 0 saturated carbocycles. The van der Waals surface area contributed by atoms with Crippen LogP contribution >= 0.6 is 0 Å². The second kappa shape index (κ2) is 9.41. The summed E-state index contributed by atoms with van der Waals surface area (Å²) in [6, 6.07) is 2.50. The van der Waals surface area contributed by atoms with Crippen LogP contribution in [0.15, 0.2) is 18.3 Å². The third kappa shape index (κ3) is 5.07. The Labute approximate surface area is 172 Å². The van der Waals surface area contributed by atoms with Crippen molar-refractivity contribution < 1.29 is 22.7 Å². The van der Waals surface area contributed by atoms with E-state index in [-0.39, 0.29) is 17.7 Å². The van der Waals surface area contributed by atoms with Crippen LogP contribution in [0.1, 0.15) is 48.7 Å². The number of unbranched alkanes of at least 4 members (excludes halogenated alkanes) is 1. The van der Waals surface area contributed by atoms with Crippen LogP contribution in [0.2, 0.25) is 0 Å². The zero-order valence-corrected chi connectivity index (χ0v) is 16.9. The molecule has 2 aromatic heterocycles. The highest BCUT2D eigenvalue weighted by Crippen LogP contribution is 2.33. The summed E-state index contributed by atoms with van der Waals surface area (Å²) in [6.07, 6.45) is -0.253. The number of amides is 1. The largest absolute Gasteiger partial charge is 0.480 e. The Morgan fingerprint density at radius 3 is 2.57 bits per heavy atom. The van der Waals surface area contributed by atoms with Gasteiger partial charge in [-0.2, -0.15) is 18.3 Å². The minimum atomic E-state index is -4.80. The lowest BCUT2D eigenvalue weighted by atomic mass is 10.0. The first kappa shape index (κ1) is 22.0. The van der Waals surface area contributed by atoms with Crippen molar-refractivity contribution in [3.8, 4) is 11.7 Å². The molecule has 8 nitrogen and oxygen atoms in total. The van der Waals surface area contributed by atoms with Crippen molar-refractivity contribution in [3.05, 3.63) is 29.6 Å². The number of likely N-dealkylation sites (tertiary alicyclic amines) is 1. The third-order valence-electron chi connectivity index (χ3n) is 5.09. The molecule has 0 aromatic carbocycles. The van der Waals surface area contributed by atoms with Gasteiger partial charge >= 0.3 is 6.18 Å². The number of carbonyl (C=O) groups is 1. The molecular formula is C19H25F3N6O2. The highest BCUT2D eigenvalue weighted by molar-refractivity contribution is 5.95. The number of methoxy groups -OCH3 is 1. The second-order valence-corrected chi connectivity index (χ2v) is 7.19. The van der Waals surface area contributed by atoms with Crippen molar-refractivity contribution in [1.82, 2.24) is 30.2 Å². The van der Waals surface area contributed by atoms with Crippen LogP contribution in [0, 0.1) is 0 Å². The Balaban J connectivity index is 1.75. The summed E-state index contributed by atoms with van der Waals surface area (Å²) >= 11 is 0. The molecule has 11 heteroatoms. The summed E-state index contributed by atoms with van der Waals surface area (Å²) in [5.74, 6) is -0.795. The van der Waals surface area contributed by atoms with E-state index < -0.39 is 23.3 Å². The molecule has 3 heterocycles. The number of rotatable bonds is 7. The van der Waals surface area contributed by atoms with Crippen molar-refractivity contribution >= 4 is 5.91 Å². The summed E-state index contributed by atoms with van der Waals surface area (Å²) < 4.78 is 46.7. The molecule has 1 aliphatic heterocycles. The maximum Gasteiger partial charge on any atom is 0.434 e. The number of nitrogens with one attached hydrogen (secondary N) is 1. The van der Waals surface area contributed by atoms with E-state index in [1.807, 2.05) is 0 Å². The van der Waals surface area contributed by atoms with Gasteiger partial charge in [-0.1, -0.05) is 13.3 Å². The molecule has 1 aliphatic rings. The number of hydrogen-bond donors (Lipinski definition) is 1. The minimum Gasteiger partial charge on any atom is -0.480 e. The molecule has 0 unspecified atom stereocenters. The molecule has 0 radical (unpaired) electrons. The van der Waals surface area contributed by atoms with Crippen LogP contribution in [0.25, 0.3) is 5.82 Å². The monoisotopic (exact) mass is 426 g/mol. The fourth-order valence-electron chi connectivity index (χ4n) is 3.44. The molecule has 3 rings (SSSR count). The average molecular weight is 426 g/mol. The number of carbonyl (C=O) groups excluding carboxylic acids is 1. The number of aromatic nitrogens is 4. The maximum absolute atomic E-state index is 13.8. The average Bonchev–Trinajstić information content (AvgIpc) is 3.19. The van der Waals surface area contributed by atoms with Gasteiger partial charge in [-0.05, 0) is 31.9 Å². The zero-order chi connectivity index (χ0) is 21.7. The Morgan fingerprint density at radius 1 is 1.27 bits per heavy atom. The van der Waals surface area contributed by atoms with Crippen LogP contribution in [-0.2, 0) is 6.18 Å².